The SMILES string of the molecule is Cc1nc2cccnc2n1CC1CCCN(S(=O)(=O)c2ccc3c(c2)CCCC3)C1. The van der Waals surface area contributed by atoms with E-state index in [4.69, 9.17) is 0 Å². The number of benzene rings is 1. The molecular weight excluding hydrogens is 396 g/mol. The van der Waals surface area contributed by atoms with Crippen molar-refractivity contribution in [2.45, 2.75) is 56.9 Å². The second kappa shape index (κ2) is 7.78. The Hall–Kier alpha value is -2.25. The second-order valence-electron chi connectivity index (χ2n) is 8.62. The number of pyridine rings is 1. The van der Waals surface area contributed by atoms with Crippen LogP contribution in [-0.2, 0) is 29.4 Å². The van der Waals surface area contributed by atoms with E-state index in [1.54, 1.807) is 16.6 Å². The zero-order chi connectivity index (χ0) is 20.7. The molecule has 1 aliphatic carbocycles. The largest absolute Gasteiger partial charge is 0.313 e. The smallest absolute Gasteiger partial charge is 0.243 e. The first-order chi connectivity index (χ1) is 14.5. The molecule has 158 valence electrons. The van der Waals surface area contributed by atoms with Crippen molar-refractivity contribution in [3.63, 3.8) is 0 Å². The molecule has 30 heavy (non-hydrogen) atoms. The van der Waals surface area contributed by atoms with Crippen LogP contribution in [0.5, 0.6) is 0 Å². The van der Waals surface area contributed by atoms with Crippen molar-refractivity contribution in [2.24, 2.45) is 5.92 Å². The number of fused-ring (bicyclic) bond motifs is 2. The lowest BCUT2D eigenvalue weighted by molar-refractivity contribution is 0.245. The van der Waals surface area contributed by atoms with Gasteiger partial charge in [-0.15, -0.1) is 0 Å². The third kappa shape index (κ3) is 3.54. The van der Waals surface area contributed by atoms with Gasteiger partial charge in [-0.05, 0) is 86.8 Å². The van der Waals surface area contributed by atoms with Crippen LogP contribution in [0, 0.1) is 12.8 Å². The maximum Gasteiger partial charge on any atom is 0.243 e. The Kier molecular flexibility index (Phi) is 5.11. The van der Waals surface area contributed by atoms with Crippen molar-refractivity contribution in [2.75, 3.05) is 13.1 Å². The van der Waals surface area contributed by atoms with Crippen molar-refractivity contribution in [3.05, 3.63) is 53.5 Å². The highest BCUT2D eigenvalue weighted by atomic mass is 32.2. The van der Waals surface area contributed by atoms with Crippen LogP contribution in [0.1, 0.15) is 42.6 Å². The number of piperidine rings is 1. The Morgan fingerprint density at radius 3 is 2.80 bits per heavy atom. The van der Waals surface area contributed by atoms with Crippen molar-refractivity contribution in [1.82, 2.24) is 18.8 Å². The molecule has 0 amide bonds. The minimum Gasteiger partial charge on any atom is -0.313 e. The van der Waals surface area contributed by atoms with Crippen LogP contribution in [0.4, 0.5) is 0 Å². The molecule has 7 heteroatoms. The van der Waals surface area contributed by atoms with E-state index in [0.29, 0.717) is 18.0 Å². The molecule has 1 fully saturated rings. The molecule has 1 atom stereocenters. The normalized spacial score (nSPS) is 20.4. The molecule has 0 radical (unpaired) electrons. The van der Waals surface area contributed by atoms with Gasteiger partial charge in [0.15, 0.2) is 5.65 Å². The van der Waals surface area contributed by atoms with Gasteiger partial charge in [0.1, 0.15) is 11.3 Å². The highest BCUT2D eigenvalue weighted by Crippen LogP contribution is 2.29. The molecule has 2 aromatic heterocycles. The Morgan fingerprint density at radius 2 is 1.93 bits per heavy atom. The summed E-state index contributed by atoms with van der Waals surface area (Å²) in [7, 11) is -3.47. The van der Waals surface area contributed by atoms with Crippen LogP contribution in [0.15, 0.2) is 41.4 Å². The molecule has 0 spiro atoms. The maximum absolute atomic E-state index is 13.4. The van der Waals surface area contributed by atoms with E-state index in [2.05, 4.69) is 14.5 Å². The Labute approximate surface area is 178 Å². The van der Waals surface area contributed by atoms with Crippen molar-refractivity contribution in [1.29, 1.82) is 0 Å². The van der Waals surface area contributed by atoms with Gasteiger partial charge in [0.05, 0.1) is 4.90 Å². The average Bonchev–Trinajstić information content (AvgIpc) is 3.08. The number of rotatable bonds is 4. The second-order valence-corrected chi connectivity index (χ2v) is 10.6. The Bertz CT molecular complexity index is 1190. The molecule has 3 aromatic rings. The summed E-state index contributed by atoms with van der Waals surface area (Å²) in [5, 5.41) is 0. The van der Waals surface area contributed by atoms with Gasteiger partial charge < -0.3 is 4.57 Å². The molecule has 0 saturated carbocycles. The van der Waals surface area contributed by atoms with Crippen molar-refractivity contribution >= 4 is 21.2 Å². The van der Waals surface area contributed by atoms with Crippen LogP contribution in [0.2, 0.25) is 0 Å². The predicted molar refractivity (Wildman–Crippen MR) is 117 cm³/mol. The number of aromatic nitrogens is 3. The minimum atomic E-state index is -3.47. The summed E-state index contributed by atoms with van der Waals surface area (Å²) < 4.78 is 30.6. The number of imidazole rings is 1. The van der Waals surface area contributed by atoms with Gasteiger partial charge in [0, 0.05) is 25.8 Å². The fourth-order valence-corrected chi connectivity index (χ4v) is 6.57. The molecule has 1 saturated heterocycles. The first-order valence-corrected chi connectivity index (χ1v) is 12.4. The lowest BCUT2D eigenvalue weighted by Gasteiger charge is -2.32. The highest BCUT2D eigenvalue weighted by Gasteiger charge is 2.31. The molecule has 1 aromatic carbocycles. The summed E-state index contributed by atoms with van der Waals surface area (Å²) in [5.41, 5.74) is 4.29. The summed E-state index contributed by atoms with van der Waals surface area (Å²) in [5.74, 6) is 1.18. The number of hydrogen-bond acceptors (Lipinski definition) is 4. The minimum absolute atomic E-state index is 0.254. The summed E-state index contributed by atoms with van der Waals surface area (Å²) >= 11 is 0. The van der Waals surface area contributed by atoms with E-state index in [9.17, 15) is 8.42 Å². The maximum atomic E-state index is 13.4. The molecule has 6 nitrogen and oxygen atoms in total. The standard InChI is InChI=1S/C23H28N4O2S/c1-17-25-22-9-4-12-24-23(22)27(17)16-18-6-5-13-26(15-18)30(28,29)21-11-10-19-7-2-3-8-20(19)14-21/h4,9-12,14,18H,2-3,5-8,13,15-16H2,1H3. The van der Waals surface area contributed by atoms with Gasteiger partial charge in [0.25, 0.3) is 0 Å². The third-order valence-electron chi connectivity index (χ3n) is 6.57. The summed E-state index contributed by atoms with van der Waals surface area (Å²) in [6.45, 7) is 3.88. The highest BCUT2D eigenvalue weighted by molar-refractivity contribution is 7.89. The summed E-state index contributed by atoms with van der Waals surface area (Å²) in [6, 6.07) is 9.62. The quantitative estimate of drug-likeness (QED) is 0.640. The molecule has 5 rings (SSSR count). The fourth-order valence-electron chi connectivity index (χ4n) is 4.96. The van der Waals surface area contributed by atoms with Gasteiger partial charge in [-0.1, -0.05) is 6.07 Å². The molecular formula is C23H28N4O2S. The molecule has 1 aliphatic heterocycles. The van der Waals surface area contributed by atoms with Gasteiger partial charge in [-0.3, -0.25) is 0 Å². The lowest BCUT2D eigenvalue weighted by Crippen LogP contribution is -2.41. The van der Waals surface area contributed by atoms with E-state index in [0.717, 1.165) is 55.6 Å². The van der Waals surface area contributed by atoms with E-state index < -0.39 is 10.0 Å². The average molecular weight is 425 g/mol. The molecule has 0 N–H and O–H groups in total. The lowest BCUT2D eigenvalue weighted by atomic mass is 9.92. The zero-order valence-corrected chi connectivity index (χ0v) is 18.2. The van der Waals surface area contributed by atoms with Gasteiger partial charge >= 0.3 is 0 Å². The van der Waals surface area contributed by atoms with Gasteiger partial charge in [-0.25, -0.2) is 18.4 Å². The van der Waals surface area contributed by atoms with Crippen molar-refractivity contribution in [3.8, 4) is 0 Å². The number of aryl methyl sites for hydroxylation is 3. The summed E-state index contributed by atoms with van der Waals surface area (Å²) in [6.07, 6.45) is 8.08. The van der Waals surface area contributed by atoms with E-state index in [-0.39, 0.29) is 5.92 Å². The van der Waals surface area contributed by atoms with Crippen LogP contribution in [0.3, 0.4) is 0 Å². The Morgan fingerprint density at radius 1 is 1.10 bits per heavy atom. The van der Waals surface area contributed by atoms with Crippen LogP contribution in [0.25, 0.3) is 11.2 Å². The van der Waals surface area contributed by atoms with Crippen LogP contribution in [-0.4, -0.2) is 40.3 Å². The van der Waals surface area contributed by atoms with Crippen LogP contribution >= 0.6 is 0 Å². The number of hydrogen-bond donors (Lipinski definition) is 0. The van der Waals surface area contributed by atoms with Crippen molar-refractivity contribution < 1.29 is 8.42 Å². The number of sulfonamides is 1. The third-order valence-corrected chi connectivity index (χ3v) is 8.44. The molecule has 0 bridgehead atoms. The van der Waals surface area contributed by atoms with E-state index in [1.165, 1.54) is 17.5 Å². The Balaban J connectivity index is 1.37. The molecule has 1 unspecified atom stereocenters. The fraction of sp³-hybridized carbons (Fsp3) is 0.478. The summed E-state index contributed by atoms with van der Waals surface area (Å²) in [4.78, 5) is 9.55. The monoisotopic (exact) mass is 424 g/mol. The first kappa shape index (κ1) is 19.7. The number of nitrogens with zero attached hydrogens (tertiary/aromatic N) is 4. The van der Waals surface area contributed by atoms with Gasteiger partial charge in [0.2, 0.25) is 10.0 Å². The van der Waals surface area contributed by atoms with Gasteiger partial charge in [-0.2, -0.15) is 4.31 Å². The topological polar surface area (TPSA) is 68.1 Å². The molecule has 3 heterocycles. The molecule has 2 aliphatic rings. The van der Waals surface area contributed by atoms with E-state index in [1.807, 2.05) is 31.2 Å². The predicted octanol–water partition coefficient (Wildman–Crippen LogP) is 3.72. The van der Waals surface area contributed by atoms with E-state index >= 15 is 0 Å². The van der Waals surface area contributed by atoms with Crippen LogP contribution < -0.4 is 0 Å². The first-order valence-electron chi connectivity index (χ1n) is 10.9. The zero-order valence-electron chi connectivity index (χ0n) is 17.4.